The summed E-state index contributed by atoms with van der Waals surface area (Å²) in [6, 6.07) is 7.40. The van der Waals surface area contributed by atoms with E-state index in [-0.39, 0.29) is 12.6 Å². The summed E-state index contributed by atoms with van der Waals surface area (Å²) in [6.45, 7) is 3.88. The number of fused-ring (bicyclic) bond motifs is 1. The Labute approximate surface area is 131 Å². The van der Waals surface area contributed by atoms with Crippen LogP contribution >= 0.6 is 0 Å². The van der Waals surface area contributed by atoms with Gasteiger partial charge < -0.3 is 9.47 Å². The van der Waals surface area contributed by atoms with Crippen LogP contribution in [-0.2, 0) is 10.2 Å². The quantitative estimate of drug-likeness (QED) is 0.908. The number of benzene rings is 1. The SMILES string of the molecule is CC1CCN(S(=O)(=O)NCC2COc3ccccc3O2)CC1. The van der Waals surface area contributed by atoms with Crippen molar-refractivity contribution in [3.63, 3.8) is 0 Å². The maximum Gasteiger partial charge on any atom is 0.279 e. The molecule has 0 spiro atoms. The molecule has 1 N–H and O–H groups in total. The van der Waals surface area contributed by atoms with E-state index < -0.39 is 10.2 Å². The van der Waals surface area contributed by atoms with Gasteiger partial charge in [-0.2, -0.15) is 17.4 Å². The molecule has 0 saturated carbocycles. The number of para-hydroxylation sites is 2. The second kappa shape index (κ2) is 6.44. The van der Waals surface area contributed by atoms with Crippen molar-refractivity contribution in [2.24, 2.45) is 5.92 Å². The number of nitrogens with zero attached hydrogens (tertiary/aromatic N) is 1. The highest BCUT2D eigenvalue weighted by atomic mass is 32.2. The summed E-state index contributed by atoms with van der Waals surface area (Å²) >= 11 is 0. The Morgan fingerprint density at radius 2 is 1.91 bits per heavy atom. The zero-order valence-corrected chi connectivity index (χ0v) is 13.5. The molecule has 0 amide bonds. The maximum absolute atomic E-state index is 12.3. The van der Waals surface area contributed by atoms with Crippen LogP contribution in [0.25, 0.3) is 0 Å². The van der Waals surface area contributed by atoms with Crippen LogP contribution in [0.2, 0.25) is 0 Å². The fraction of sp³-hybridized carbons (Fsp3) is 0.600. The molecule has 3 rings (SSSR count). The van der Waals surface area contributed by atoms with Crippen molar-refractivity contribution < 1.29 is 17.9 Å². The molecule has 7 heteroatoms. The van der Waals surface area contributed by atoms with Gasteiger partial charge >= 0.3 is 0 Å². The summed E-state index contributed by atoms with van der Waals surface area (Å²) in [5.74, 6) is 1.95. The lowest BCUT2D eigenvalue weighted by Crippen LogP contribution is -2.48. The van der Waals surface area contributed by atoms with E-state index >= 15 is 0 Å². The molecular formula is C15H22N2O4S. The summed E-state index contributed by atoms with van der Waals surface area (Å²) in [4.78, 5) is 0. The fourth-order valence-electron chi connectivity index (χ4n) is 2.68. The Bertz CT molecular complexity index is 612. The van der Waals surface area contributed by atoms with E-state index in [2.05, 4.69) is 11.6 Å². The summed E-state index contributed by atoms with van der Waals surface area (Å²) in [5, 5.41) is 0. The van der Waals surface area contributed by atoms with Crippen molar-refractivity contribution in [1.29, 1.82) is 0 Å². The van der Waals surface area contributed by atoms with Crippen molar-refractivity contribution in [3.8, 4) is 11.5 Å². The van der Waals surface area contributed by atoms with E-state index in [0.717, 1.165) is 12.8 Å². The van der Waals surface area contributed by atoms with Crippen molar-refractivity contribution in [1.82, 2.24) is 9.03 Å². The van der Waals surface area contributed by atoms with Gasteiger partial charge in [-0.15, -0.1) is 0 Å². The number of ether oxygens (including phenoxy) is 2. The van der Waals surface area contributed by atoms with E-state index in [1.165, 1.54) is 4.31 Å². The van der Waals surface area contributed by atoms with Crippen LogP contribution in [0.15, 0.2) is 24.3 Å². The third-order valence-corrected chi connectivity index (χ3v) is 5.72. The molecule has 0 aliphatic carbocycles. The van der Waals surface area contributed by atoms with Crippen molar-refractivity contribution >= 4 is 10.2 Å². The van der Waals surface area contributed by atoms with Crippen LogP contribution in [0.3, 0.4) is 0 Å². The van der Waals surface area contributed by atoms with Gasteiger partial charge in [0.1, 0.15) is 12.7 Å². The molecule has 1 fully saturated rings. The molecule has 1 unspecified atom stereocenters. The third kappa shape index (κ3) is 3.53. The minimum atomic E-state index is -3.44. The van der Waals surface area contributed by atoms with Gasteiger partial charge in [0.2, 0.25) is 0 Å². The van der Waals surface area contributed by atoms with Crippen LogP contribution in [0.1, 0.15) is 19.8 Å². The molecule has 2 aliphatic rings. The molecule has 1 saturated heterocycles. The van der Waals surface area contributed by atoms with Gasteiger partial charge in [0.25, 0.3) is 10.2 Å². The van der Waals surface area contributed by atoms with Crippen molar-refractivity contribution in [2.75, 3.05) is 26.2 Å². The van der Waals surface area contributed by atoms with Crippen molar-refractivity contribution in [3.05, 3.63) is 24.3 Å². The molecule has 1 atom stereocenters. The predicted octanol–water partition coefficient (Wildman–Crippen LogP) is 1.39. The number of nitrogens with one attached hydrogen (secondary N) is 1. The second-order valence-electron chi connectivity index (χ2n) is 5.93. The molecule has 22 heavy (non-hydrogen) atoms. The van der Waals surface area contributed by atoms with Gasteiger partial charge in [-0.3, -0.25) is 0 Å². The summed E-state index contributed by atoms with van der Waals surface area (Å²) in [6.07, 6.45) is 1.52. The first kappa shape index (κ1) is 15.6. The molecule has 0 radical (unpaired) electrons. The monoisotopic (exact) mass is 326 g/mol. The average Bonchev–Trinajstić information content (AvgIpc) is 2.53. The smallest absolute Gasteiger partial charge is 0.279 e. The molecule has 1 aromatic rings. The zero-order chi connectivity index (χ0) is 15.6. The Balaban J connectivity index is 1.54. The van der Waals surface area contributed by atoms with Crippen LogP contribution in [-0.4, -0.2) is 45.1 Å². The number of piperidine rings is 1. The van der Waals surface area contributed by atoms with Crippen LogP contribution in [0.5, 0.6) is 11.5 Å². The first-order valence-electron chi connectivity index (χ1n) is 7.68. The molecular weight excluding hydrogens is 304 g/mol. The lowest BCUT2D eigenvalue weighted by molar-refractivity contribution is 0.0938. The summed E-state index contributed by atoms with van der Waals surface area (Å²) in [7, 11) is -3.44. The summed E-state index contributed by atoms with van der Waals surface area (Å²) in [5.41, 5.74) is 0. The van der Waals surface area contributed by atoms with E-state index in [1.807, 2.05) is 24.3 Å². The number of hydrogen-bond acceptors (Lipinski definition) is 4. The van der Waals surface area contributed by atoms with Gasteiger partial charge in [-0.1, -0.05) is 19.1 Å². The standard InChI is InChI=1S/C15H22N2O4S/c1-12-6-8-17(9-7-12)22(18,19)16-10-13-11-20-14-4-2-3-5-15(14)21-13/h2-5,12-13,16H,6-11H2,1H3. The van der Waals surface area contributed by atoms with Gasteiger partial charge in [0, 0.05) is 13.1 Å². The lowest BCUT2D eigenvalue weighted by atomic mass is 10.0. The second-order valence-corrected chi connectivity index (χ2v) is 7.69. The first-order chi connectivity index (χ1) is 10.5. The molecule has 6 nitrogen and oxygen atoms in total. The molecule has 0 bridgehead atoms. The molecule has 0 aromatic heterocycles. The highest BCUT2D eigenvalue weighted by Crippen LogP contribution is 2.30. The van der Waals surface area contributed by atoms with Crippen LogP contribution in [0.4, 0.5) is 0 Å². The van der Waals surface area contributed by atoms with Gasteiger partial charge in [0.15, 0.2) is 11.5 Å². The van der Waals surface area contributed by atoms with Crippen LogP contribution in [0, 0.1) is 5.92 Å². The minimum absolute atomic E-state index is 0.211. The largest absolute Gasteiger partial charge is 0.486 e. The topological polar surface area (TPSA) is 67.9 Å². The molecule has 2 heterocycles. The molecule has 1 aromatic carbocycles. The van der Waals surface area contributed by atoms with E-state index in [4.69, 9.17) is 9.47 Å². The average molecular weight is 326 g/mol. The molecule has 2 aliphatic heterocycles. The number of rotatable bonds is 4. The number of hydrogen-bond donors (Lipinski definition) is 1. The van der Waals surface area contributed by atoms with Gasteiger partial charge in [-0.25, -0.2) is 0 Å². The first-order valence-corrected chi connectivity index (χ1v) is 9.12. The zero-order valence-electron chi connectivity index (χ0n) is 12.7. The molecule has 122 valence electrons. The highest BCUT2D eigenvalue weighted by molar-refractivity contribution is 7.87. The Hall–Kier alpha value is -1.31. The summed E-state index contributed by atoms with van der Waals surface area (Å²) < 4.78 is 40.1. The highest BCUT2D eigenvalue weighted by Gasteiger charge is 2.28. The van der Waals surface area contributed by atoms with Gasteiger partial charge in [-0.05, 0) is 30.9 Å². The Morgan fingerprint density at radius 1 is 1.23 bits per heavy atom. The van der Waals surface area contributed by atoms with E-state index in [0.29, 0.717) is 37.1 Å². The lowest BCUT2D eigenvalue weighted by Gasteiger charge is -2.31. The van der Waals surface area contributed by atoms with Crippen LogP contribution < -0.4 is 14.2 Å². The van der Waals surface area contributed by atoms with Gasteiger partial charge in [0.05, 0.1) is 6.54 Å². The normalized spacial score (nSPS) is 23.4. The van der Waals surface area contributed by atoms with E-state index in [9.17, 15) is 8.42 Å². The Morgan fingerprint density at radius 3 is 2.64 bits per heavy atom. The predicted molar refractivity (Wildman–Crippen MR) is 83.2 cm³/mol. The van der Waals surface area contributed by atoms with Crippen molar-refractivity contribution in [2.45, 2.75) is 25.9 Å². The Kier molecular flexibility index (Phi) is 4.56. The van der Waals surface area contributed by atoms with E-state index in [1.54, 1.807) is 0 Å². The minimum Gasteiger partial charge on any atom is -0.486 e. The third-order valence-electron chi connectivity index (χ3n) is 4.14. The fourth-order valence-corrected chi connectivity index (χ4v) is 3.95. The maximum atomic E-state index is 12.3.